The highest BCUT2D eigenvalue weighted by Gasteiger charge is 2.10. The first kappa shape index (κ1) is 18.0. The first-order valence-corrected chi connectivity index (χ1v) is 7.94. The third-order valence-electron chi connectivity index (χ3n) is 3.30. The zero-order valence-electron chi connectivity index (χ0n) is 13.3. The largest absolute Gasteiger partial charge is 0.493 e. The fourth-order valence-electron chi connectivity index (χ4n) is 2.02. The third kappa shape index (κ3) is 4.83. The Kier molecular flexibility index (Phi) is 6.37. The summed E-state index contributed by atoms with van der Waals surface area (Å²) in [5.41, 5.74) is 1.61. The summed E-state index contributed by atoms with van der Waals surface area (Å²) in [5, 5.41) is 2.78. The van der Waals surface area contributed by atoms with Gasteiger partial charge in [-0.15, -0.1) is 0 Å². The van der Waals surface area contributed by atoms with E-state index in [1.165, 1.54) is 18.2 Å². The number of methoxy groups -OCH3 is 2. The molecule has 1 amide bonds. The van der Waals surface area contributed by atoms with E-state index in [-0.39, 0.29) is 11.7 Å². The van der Waals surface area contributed by atoms with Crippen LogP contribution in [-0.2, 0) is 11.3 Å². The van der Waals surface area contributed by atoms with Crippen LogP contribution in [0.15, 0.2) is 46.9 Å². The Labute approximate surface area is 148 Å². The van der Waals surface area contributed by atoms with Crippen LogP contribution in [0.5, 0.6) is 11.5 Å². The molecule has 1 N–H and O–H groups in total. The minimum absolute atomic E-state index is 0.249. The van der Waals surface area contributed by atoms with Gasteiger partial charge in [0.1, 0.15) is 5.82 Å². The molecule has 126 valence electrons. The number of hydrogen-bond donors (Lipinski definition) is 1. The molecule has 2 aromatic carbocycles. The molecule has 0 saturated carbocycles. The molecule has 0 aliphatic carbocycles. The number of carbonyl (C=O) groups excluding carboxylic acids is 1. The number of hydrogen-bond acceptors (Lipinski definition) is 3. The molecule has 24 heavy (non-hydrogen) atoms. The number of nitrogens with one attached hydrogen (secondary N) is 1. The molecule has 4 nitrogen and oxygen atoms in total. The molecule has 0 aromatic heterocycles. The molecule has 0 unspecified atom stereocenters. The summed E-state index contributed by atoms with van der Waals surface area (Å²) in [7, 11) is 3.12. The summed E-state index contributed by atoms with van der Waals surface area (Å²) in [6.07, 6.45) is 3.03. The second kappa shape index (κ2) is 8.49. The first-order valence-electron chi connectivity index (χ1n) is 7.15. The van der Waals surface area contributed by atoms with E-state index in [9.17, 15) is 9.18 Å². The normalized spacial score (nSPS) is 10.7. The minimum Gasteiger partial charge on any atom is -0.493 e. The van der Waals surface area contributed by atoms with E-state index in [2.05, 4.69) is 21.2 Å². The second-order valence-corrected chi connectivity index (χ2v) is 5.76. The number of amides is 1. The SMILES string of the molecule is COc1cc(Br)c(CNC(=O)/C=C/c2ccc(F)cc2)cc1OC. The predicted octanol–water partition coefficient (Wildman–Crippen LogP) is 3.94. The van der Waals surface area contributed by atoms with Gasteiger partial charge in [-0.05, 0) is 41.5 Å². The van der Waals surface area contributed by atoms with Crippen LogP contribution in [0.3, 0.4) is 0 Å². The maximum Gasteiger partial charge on any atom is 0.244 e. The Bertz CT molecular complexity index is 745. The van der Waals surface area contributed by atoms with Crippen LogP contribution in [0.25, 0.3) is 6.08 Å². The lowest BCUT2D eigenvalue weighted by atomic mass is 10.2. The highest BCUT2D eigenvalue weighted by atomic mass is 79.9. The van der Waals surface area contributed by atoms with Crippen LogP contribution in [0.1, 0.15) is 11.1 Å². The number of ether oxygens (including phenoxy) is 2. The molecular formula is C18H17BrFNO3. The van der Waals surface area contributed by atoms with Gasteiger partial charge in [0.15, 0.2) is 11.5 Å². The van der Waals surface area contributed by atoms with Crippen LogP contribution in [0.4, 0.5) is 4.39 Å². The summed E-state index contributed by atoms with van der Waals surface area (Å²) in [6, 6.07) is 9.48. The highest BCUT2D eigenvalue weighted by molar-refractivity contribution is 9.10. The van der Waals surface area contributed by atoms with Crippen molar-refractivity contribution >= 4 is 27.9 Å². The van der Waals surface area contributed by atoms with E-state index < -0.39 is 0 Å². The van der Waals surface area contributed by atoms with E-state index in [1.54, 1.807) is 44.6 Å². The summed E-state index contributed by atoms with van der Waals surface area (Å²) in [4.78, 5) is 11.9. The van der Waals surface area contributed by atoms with Crippen molar-refractivity contribution in [3.8, 4) is 11.5 Å². The average molecular weight is 394 g/mol. The molecule has 0 radical (unpaired) electrons. The monoisotopic (exact) mass is 393 g/mol. The van der Waals surface area contributed by atoms with Gasteiger partial charge in [-0.1, -0.05) is 28.1 Å². The molecule has 0 aliphatic heterocycles. The lowest BCUT2D eigenvalue weighted by Gasteiger charge is -2.12. The minimum atomic E-state index is -0.310. The maximum atomic E-state index is 12.8. The molecule has 0 bridgehead atoms. The van der Waals surface area contributed by atoms with Gasteiger partial charge >= 0.3 is 0 Å². The van der Waals surface area contributed by atoms with Crippen molar-refractivity contribution in [2.45, 2.75) is 6.54 Å². The van der Waals surface area contributed by atoms with Crippen molar-refractivity contribution in [1.82, 2.24) is 5.32 Å². The summed E-state index contributed by atoms with van der Waals surface area (Å²) in [6.45, 7) is 0.327. The van der Waals surface area contributed by atoms with Crippen molar-refractivity contribution in [2.75, 3.05) is 14.2 Å². The van der Waals surface area contributed by atoms with E-state index in [0.717, 1.165) is 15.6 Å². The molecule has 0 atom stereocenters. The Balaban J connectivity index is 1.99. The quantitative estimate of drug-likeness (QED) is 0.756. The van der Waals surface area contributed by atoms with E-state index in [1.807, 2.05) is 0 Å². The van der Waals surface area contributed by atoms with Crippen LogP contribution in [-0.4, -0.2) is 20.1 Å². The molecule has 2 aromatic rings. The van der Waals surface area contributed by atoms with Gasteiger partial charge in [-0.3, -0.25) is 4.79 Å². The molecule has 6 heteroatoms. The molecule has 0 heterocycles. The Morgan fingerprint density at radius 3 is 2.42 bits per heavy atom. The van der Waals surface area contributed by atoms with Crippen molar-refractivity contribution in [3.05, 3.63) is 63.9 Å². The summed E-state index contributed by atoms with van der Waals surface area (Å²) < 4.78 is 24.1. The molecule has 2 rings (SSSR count). The lowest BCUT2D eigenvalue weighted by Crippen LogP contribution is -2.20. The second-order valence-electron chi connectivity index (χ2n) is 4.90. The number of carbonyl (C=O) groups is 1. The van der Waals surface area contributed by atoms with Gasteiger partial charge in [0.2, 0.25) is 5.91 Å². The Morgan fingerprint density at radius 2 is 1.79 bits per heavy atom. The zero-order chi connectivity index (χ0) is 17.5. The maximum absolute atomic E-state index is 12.8. The molecule has 0 aliphatic rings. The lowest BCUT2D eigenvalue weighted by molar-refractivity contribution is -0.116. The van der Waals surface area contributed by atoms with Gasteiger partial charge in [0, 0.05) is 17.1 Å². The zero-order valence-corrected chi connectivity index (χ0v) is 14.9. The number of halogens is 2. The van der Waals surface area contributed by atoms with Crippen LogP contribution < -0.4 is 14.8 Å². The average Bonchev–Trinajstić information content (AvgIpc) is 2.59. The van der Waals surface area contributed by atoms with Crippen molar-refractivity contribution in [1.29, 1.82) is 0 Å². The number of benzene rings is 2. The molecule has 0 spiro atoms. The fourth-order valence-corrected chi connectivity index (χ4v) is 2.48. The van der Waals surface area contributed by atoms with Crippen molar-refractivity contribution in [2.24, 2.45) is 0 Å². The number of rotatable bonds is 6. The van der Waals surface area contributed by atoms with Crippen LogP contribution in [0, 0.1) is 5.82 Å². The van der Waals surface area contributed by atoms with E-state index in [0.29, 0.717) is 18.0 Å². The van der Waals surface area contributed by atoms with E-state index in [4.69, 9.17) is 9.47 Å². The standard InChI is InChI=1S/C18H17BrFNO3/c1-23-16-9-13(15(19)10-17(16)24-2)11-21-18(22)8-5-12-3-6-14(20)7-4-12/h3-10H,11H2,1-2H3,(H,21,22)/b8-5+. The van der Waals surface area contributed by atoms with Gasteiger partial charge in [-0.25, -0.2) is 4.39 Å². The van der Waals surface area contributed by atoms with Crippen LogP contribution >= 0.6 is 15.9 Å². The summed E-state index contributed by atoms with van der Waals surface area (Å²) in [5.74, 6) is 0.637. The topological polar surface area (TPSA) is 47.6 Å². The van der Waals surface area contributed by atoms with Crippen molar-refractivity contribution < 1.29 is 18.7 Å². The molecular weight excluding hydrogens is 377 g/mol. The molecule has 0 fully saturated rings. The summed E-state index contributed by atoms with van der Waals surface area (Å²) >= 11 is 3.44. The predicted molar refractivity (Wildman–Crippen MR) is 94.5 cm³/mol. The smallest absolute Gasteiger partial charge is 0.244 e. The van der Waals surface area contributed by atoms with Gasteiger partial charge < -0.3 is 14.8 Å². The fraction of sp³-hybridized carbons (Fsp3) is 0.167. The third-order valence-corrected chi connectivity index (χ3v) is 4.04. The first-order chi connectivity index (χ1) is 11.5. The van der Waals surface area contributed by atoms with Crippen LogP contribution in [0.2, 0.25) is 0 Å². The highest BCUT2D eigenvalue weighted by Crippen LogP contribution is 2.33. The Hall–Kier alpha value is -2.34. The van der Waals surface area contributed by atoms with E-state index >= 15 is 0 Å². The van der Waals surface area contributed by atoms with Gasteiger partial charge in [0.05, 0.1) is 14.2 Å². The van der Waals surface area contributed by atoms with Crippen molar-refractivity contribution in [3.63, 3.8) is 0 Å². The Morgan fingerprint density at radius 1 is 1.17 bits per heavy atom. The van der Waals surface area contributed by atoms with Gasteiger partial charge in [0.25, 0.3) is 0 Å². The molecule has 0 saturated heterocycles. The van der Waals surface area contributed by atoms with Gasteiger partial charge in [-0.2, -0.15) is 0 Å².